The summed E-state index contributed by atoms with van der Waals surface area (Å²) in [6.07, 6.45) is 7.44. The molecule has 3 unspecified atom stereocenters. The van der Waals surface area contributed by atoms with Gasteiger partial charge in [-0.25, -0.2) is 0 Å². The highest BCUT2D eigenvalue weighted by molar-refractivity contribution is 9.09. The number of fused-ring (bicyclic) bond motifs is 1. The molecular weight excluding hydrogens is 492 g/mol. The smallest absolute Gasteiger partial charge is 0.310 e. The van der Waals surface area contributed by atoms with Gasteiger partial charge >= 0.3 is 5.97 Å². The molecule has 3 saturated heterocycles. The first kappa shape index (κ1) is 26.2. The van der Waals surface area contributed by atoms with Crippen LogP contribution in [-0.2, 0) is 19.1 Å². The lowest BCUT2D eigenvalue weighted by molar-refractivity contribution is -0.150. The third kappa shape index (κ3) is 4.86. The zero-order valence-electron chi connectivity index (χ0n) is 19.5. The number of aliphatic carboxylic acids is 1. The molecule has 3 aliphatic rings. The zero-order valence-corrected chi connectivity index (χ0v) is 21.0. The van der Waals surface area contributed by atoms with Gasteiger partial charge in [0.05, 0.1) is 17.9 Å². The van der Waals surface area contributed by atoms with Gasteiger partial charge in [0.2, 0.25) is 11.8 Å². The number of halogens is 1. The normalized spacial score (nSPS) is 32.3. The van der Waals surface area contributed by atoms with Crippen LogP contribution in [0.2, 0.25) is 0 Å². The average molecular weight is 529 g/mol. The van der Waals surface area contributed by atoms with Crippen LogP contribution in [-0.4, -0.2) is 86.6 Å². The van der Waals surface area contributed by atoms with E-state index in [2.05, 4.69) is 29.4 Å². The molecule has 6 atom stereocenters. The number of nitrogens with zero attached hydrogens (tertiary/aromatic N) is 2. The summed E-state index contributed by atoms with van der Waals surface area (Å²) in [7, 11) is 0. The molecule has 8 nitrogen and oxygen atoms in total. The van der Waals surface area contributed by atoms with E-state index in [1.807, 2.05) is 0 Å². The van der Waals surface area contributed by atoms with Gasteiger partial charge in [0.25, 0.3) is 0 Å². The van der Waals surface area contributed by atoms with E-state index < -0.39 is 35.6 Å². The monoisotopic (exact) mass is 528 g/mol. The van der Waals surface area contributed by atoms with Crippen LogP contribution in [0.4, 0.5) is 0 Å². The molecule has 0 aromatic rings. The third-order valence-corrected chi connectivity index (χ3v) is 8.15. The van der Waals surface area contributed by atoms with Crippen LogP contribution in [0.1, 0.15) is 58.3 Å². The molecular formula is C24H37BrN2O6. The molecule has 1 spiro atoms. The fourth-order valence-corrected chi connectivity index (χ4v) is 6.79. The Morgan fingerprint density at radius 1 is 1.27 bits per heavy atom. The van der Waals surface area contributed by atoms with Crippen LogP contribution in [0.3, 0.4) is 0 Å². The van der Waals surface area contributed by atoms with Gasteiger partial charge in [0, 0.05) is 31.1 Å². The first-order valence-electron chi connectivity index (χ1n) is 12.2. The maximum Gasteiger partial charge on any atom is 0.310 e. The highest BCUT2D eigenvalue weighted by atomic mass is 79.9. The number of hydrogen-bond donors (Lipinski definition) is 2. The van der Waals surface area contributed by atoms with E-state index >= 15 is 0 Å². The highest BCUT2D eigenvalue weighted by Gasteiger charge is 2.76. The SMILES string of the molecule is C=CCN(CCCCC)C(=O)C1N(CCCCCCO)C(=O)[C@@H]2[C@@H](C(=O)O)[C@@H]3OC12CC3Br. The largest absolute Gasteiger partial charge is 0.481 e. The minimum atomic E-state index is -1.12. The average Bonchev–Trinajstić information content (AvgIpc) is 3.36. The number of carbonyl (C=O) groups is 3. The minimum absolute atomic E-state index is 0.130. The fourth-order valence-electron chi connectivity index (χ4n) is 5.85. The van der Waals surface area contributed by atoms with Crippen LogP contribution in [0.15, 0.2) is 12.7 Å². The Balaban J connectivity index is 1.91. The van der Waals surface area contributed by atoms with Crippen LogP contribution in [0, 0.1) is 11.8 Å². The Morgan fingerprint density at radius 2 is 2.00 bits per heavy atom. The predicted molar refractivity (Wildman–Crippen MR) is 127 cm³/mol. The molecule has 2 N–H and O–H groups in total. The maximum absolute atomic E-state index is 13.9. The number of likely N-dealkylation sites (tertiary alicyclic amines) is 1. The van der Waals surface area contributed by atoms with Crippen molar-refractivity contribution < 1.29 is 29.3 Å². The lowest BCUT2D eigenvalue weighted by atomic mass is 9.70. The molecule has 0 aromatic carbocycles. The minimum Gasteiger partial charge on any atom is -0.481 e. The maximum atomic E-state index is 13.9. The zero-order chi connectivity index (χ0) is 24.2. The molecule has 3 fully saturated rings. The van der Waals surface area contributed by atoms with Gasteiger partial charge in [-0.15, -0.1) is 6.58 Å². The Labute approximate surface area is 204 Å². The predicted octanol–water partition coefficient (Wildman–Crippen LogP) is 2.58. The van der Waals surface area contributed by atoms with E-state index in [4.69, 9.17) is 9.84 Å². The standard InChI is InChI=1S/C24H37BrN2O6/c1-3-5-8-12-26(11-4-2)22(30)20-24-15-16(25)19(33-24)17(23(31)32)18(24)21(29)27(20)13-9-6-7-10-14-28/h4,16-20,28H,2-3,5-15H2,1H3,(H,31,32)/t16?,17-,18+,19-,20?,24?/m1/s1. The summed E-state index contributed by atoms with van der Waals surface area (Å²) in [6.45, 7) is 7.35. The van der Waals surface area contributed by atoms with Crippen LogP contribution in [0.25, 0.3) is 0 Å². The molecule has 186 valence electrons. The van der Waals surface area contributed by atoms with Gasteiger partial charge in [0.15, 0.2) is 0 Å². The molecule has 0 aromatic heterocycles. The van der Waals surface area contributed by atoms with Gasteiger partial charge in [-0.1, -0.05) is 54.6 Å². The van der Waals surface area contributed by atoms with Crippen molar-refractivity contribution in [1.29, 1.82) is 0 Å². The van der Waals surface area contributed by atoms with Gasteiger partial charge in [0.1, 0.15) is 11.6 Å². The number of carboxylic acid groups (broad SMARTS) is 1. The van der Waals surface area contributed by atoms with E-state index in [1.54, 1.807) is 15.9 Å². The highest BCUT2D eigenvalue weighted by Crippen LogP contribution is 2.60. The van der Waals surface area contributed by atoms with Gasteiger partial charge in [-0.05, 0) is 25.7 Å². The third-order valence-electron chi connectivity index (χ3n) is 7.31. The van der Waals surface area contributed by atoms with Crippen LogP contribution < -0.4 is 0 Å². The van der Waals surface area contributed by atoms with Crippen molar-refractivity contribution in [2.45, 2.75) is 80.9 Å². The van der Waals surface area contributed by atoms with E-state index in [-0.39, 0.29) is 23.2 Å². The lowest BCUT2D eigenvalue weighted by Gasteiger charge is -2.37. The van der Waals surface area contributed by atoms with Crippen molar-refractivity contribution in [3.63, 3.8) is 0 Å². The number of unbranched alkanes of at least 4 members (excludes halogenated alkanes) is 5. The molecule has 9 heteroatoms. The van der Waals surface area contributed by atoms with Crippen molar-refractivity contribution in [2.24, 2.45) is 11.8 Å². The van der Waals surface area contributed by atoms with Gasteiger partial charge in [-0.2, -0.15) is 0 Å². The molecule has 3 rings (SSSR count). The number of carbonyl (C=O) groups excluding carboxylic acids is 2. The Bertz CT molecular complexity index is 748. The Morgan fingerprint density at radius 3 is 2.64 bits per heavy atom. The fraction of sp³-hybridized carbons (Fsp3) is 0.792. The van der Waals surface area contributed by atoms with Crippen molar-refractivity contribution in [3.8, 4) is 0 Å². The number of alkyl halides is 1. The second kappa shape index (κ2) is 11.3. The van der Waals surface area contributed by atoms with Crippen molar-refractivity contribution >= 4 is 33.7 Å². The van der Waals surface area contributed by atoms with Crippen LogP contribution in [0.5, 0.6) is 0 Å². The first-order valence-corrected chi connectivity index (χ1v) is 13.1. The summed E-state index contributed by atoms with van der Waals surface area (Å²) in [4.78, 5) is 42.8. The van der Waals surface area contributed by atoms with E-state index in [1.165, 1.54) is 0 Å². The first-order chi connectivity index (χ1) is 15.8. The second-order valence-electron chi connectivity index (χ2n) is 9.45. The van der Waals surface area contributed by atoms with Crippen molar-refractivity contribution in [2.75, 3.05) is 26.2 Å². The van der Waals surface area contributed by atoms with Crippen LogP contribution >= 0.6 is 15.9 Å². The number of aliphatic hydroxyl groups is 1. The summed E-state index contributed by atoms with van der Waals surface area (Å²) in [5.41, 5.74) is -1.12. The number of ether oxygens (including phenoxy) is 1. The van der Waals surface area contributed by atoms with Crippen molar-refractivity contribution in [1.82, 2.24) is 9.80 Å². The molecule has 0 aliphatic carbocycles. The molecule has 3 heterocycles. The summed E-state index contributed by atoms with van der Waals surface area (Å²) in [5.74, 6) is -3.31. The molecule has 2 amide bonds. The number of amides is 2. The van der Waals surface area contributed by atoms with Gasteiger partial charge < -0.3 is 24.7 Å². The number of rotatable bonds is 14. The van der Waals surface area contributed by atoms with E-state index in [0.717, 1.165) is 32.1 Å². The summed E-state index contributed by atoms with van der Waals surface area (Å²) in [6, 6.07) is -0.830. The molecule has 0 saturated carbocycles. The summed E-state index contributed by atoms with van der Waals surface area (Å²) in [5, 5.41) is 19.0. The summed E-state index contributed by atoms with van der Waals surface area (Å²) >= 11 is 3.57. The Hall–Kier alpha value is -1.45. The molecule has 2 bridgehead atoms. The Kier molecular flexibility index (Phi) is 8.97. The number of carboxylic acids is 1. The lowest BCUT2D eigenvalue weighted by Crippen LogP contribution is -2.57. The van der Waals surface area contributed by atoms with Gasteiger partial charge in [-0.3, -0.25) is 14.4 Å². The van der Waals surface area contributed by atoms with Crippen molar-refractivity contribution in [3.05, 3.63) is 12.7 Å². The quantitative estimate of drug-likeness (QED) is 0.204. The summed E-state index contributed by atoms with van der Waals surface area (Å²) < 4.78 is 6.31. The van der Waals surface area contributed by atoms with E-state index in [9.17, 15) is 19.5 Å². The molecule has 3 aliphatic heterocycles. The molecule has 0 radical (unpaired) electrons. The van der Waals surface area contributed by atoms with E-state index in [0.29, 0.717) is 38.9 Å². The number of aliphatic hydroxyl groups excluding tert-OH is 1. The molecule has 33 heavy (non-hydrogen) atoms. The topological polar surface area (TPSA) is 107 Å². The second-order valence-corrected chi connectivity index (χ2v) is 10.6. The number of hydrogen-bond acceptors (Lipinski definition) is 5.